The zero-order valence-electron chi connectivity index (χ0n) is 15.4. The highest BCUT2D eigenvalue weighted by Crippen LogP contribution is 2.25. The summed E-state index contributed by atoms with van der Waals surface area (Å²) >= 11 is 5.98. The molecule has 0 spiro atoms. The molecule has 0 aliphatic carbocycles. The molecular weight excluding hydrogens is 378 g/mol. The third kappa shape index (κ3) is 6.14. The van der Waals surface area contributed by atoms with Gasteiger partial charge < -0.3 is 13.8 Å². The van der Waals surface area contributed by atoms with Crippen molar-refractivity contribution in [2.45, 2.75) is 39.3 Å². The summed E-state index contributed by atoms with van der Waals surface area (Å²) in [5.74, 6) is 0.448. The van der Waals surface area contributed by atoms with E-state index in [-0.39, 0.29) is 23.6 Å². The van der Waals surface area contributed by atoms with Gasteiger partial charge in [-0.2, -0.15) is 8.42 Å². The van der Waals surface area contributed by atoms with Gasteiger partial charge in [-0.25, -0.2) is 0 Å². The maximum absolute atomic E-state index is 12.9. The first-order valence-electron chi connectivity index (χ1n) is 8.56. The van der Waals surface area contributed by atoms with Crippen LogP contribution in [0.2, 0.25) is 0 Å². The van der Waals surface area contributed by atoms with Crippen LogP contribution in [0.3, 0.4) is 0 Å². The predicted octanol–water partition coefficient (Wildman–Crippen LogP) is 2.80. The molecule has 1 aromatic carbocycles. The highest BCUT2D eigenvalue weighted by Gasteiger charge is 2.33. The zero-order valence-corrected chi connectivity index (χ0v) is 17.0. The van der Waals surface area contributed by atoms with Crippen molar-refractivity contribution in [1.82, 2.24) is 4.90 Å². The van der Waals surface area contributed by atoms with Crippen LogP contribution >= 0.6 is 11.6 Å². The molecule has 1 fully saturated rings. The van der Waals surface area contributed by atoms with Gasteiger partial charge in [-0.15, -0.1) is 11.6 Å². The van der Waals surface area contributed by atoms with Crippen LogP contribution in [-0.4, -0.2) is 50.6 Å². The van der Waals surface area contributed by atoms with E-state index in [4.69, 9.17) is 20.5 Å². The van der Waals surface area contributed by atoms with Gasteiger partial charge in [0, 0.05) is 25.6 Å². The van der Waals surface area contributed by atoms with Gasteiger partial charge in [0.1, 0.15) is 5.75 Å². The molecule has 1 aliphatic rings. The average molecular weight is 404 g/mol. The minimum atomic E-state index is -3.56. The summed E-state index contributed by atoms with van der Waals surface area (Å²) in [6.45, 7) is 5.30. The molecule has 26 heavy (non-hydrogen) atoms. The van der Waals surface area contributed by atoms with Crippen molar-refractivity contribution in [1.29, 1.82) is 0 Å². The van der Waals surface area contributed by atoms with E-state index in [9.17, 15) is 13.2 Å². The summed E-state index contributed by atoms with van der Waals surface area (Å²) in [6.07, 6.45) is 2.98. The van der Waals surface area contributed by atoms with E-state index in [1.54, 1.807) is 29.2 Å². The van der Waals surface area contributed by atoms with Crippen LogP contribution in [0, 0.1) is 5.41 Å². The van der Waals surface area contributed by atoms with Crippen LogP contribution in [0.5, 0.6) is 5.75 Å². The number of nitrogens with zero attached hydrogens (tertiary/aromatic N) is 1. The standard InChI is InChI=1S/C18H26ClNO5S/c1-18(2,13-19)17(21)20(12-16-5-4-10-24-16)11-14-6-8-15(9-7-14)25-26(3,22)23/h6-9,16H,4-5,10-13H2,1-3H3/t16-/m1/s1. The fourth-order valence-corrected chi connectivity index (χ4v) is 3.36. The van der Waals surface area contributed by atoms with Gasteiger partial charge in [0.05, 0.1) is 17.8 Å². The van der Waals surface area contributed by atoms with Crippen molar-refractivity contribution < 1.29 is 22.1 Å². The Morgan fingerprint density at radius 1 is 1.35 bits per heavy atom. The Bertz CT molecular complexity index is 712. The van der Waals surface area contributed by atoms with Crippen LogP contribution in [0.15, 0.2) is 24.3 Å². The maximum atomic E-state index is 12.9. The van der Waals surface area contributed by atoms with Gasteiger partial charge in [0.2, 0.25) is 5.91 Å². The van der Waals surface area contributed by atoms with E-state index >= 15 is 0 Å². The second-order valence-corrected chi connectivity index (χ2v) is 9.11. The average Bonchev–Trinajstić information content (AvgIpc) is 3.07. The number of carbonyl (C=O) groups excluding carboxylic acids is 1. The van der Waals surface area contributed by atoms with Crippen LogP contribution in [0.4, 0.5) is 0 Å². The predicted molar refractivity (Wildman–Crippen MR) is 101 cm³/mol. The number of hydrogen-bond acceptors (Lipinski definition) is 5. The Kier molecular flexibility index (Phi) is 6.93. The number of halogens is 1. The summed E-state index contributed by atoms with van der Waals surface area (Å²) in [6, 6.07) is 6.67. The third-order valence-electron chi connectivity index (χ3n) is 4.19. The Hall–Kier alpha value is -1.31. The van der Waals surface area contributed by atoms with E-state index in [1.165, 1.54) is 0 Å². The lowest BCUT2D eigenvalue weighted by molar-refractivity contribution is -0.141. The van der Waals surface area contributed by atoms with Crippen LogP contribution < -0.4 is 4.18 Å². The number of hydrogen-bond donors (Lipinski definition) is 0. The van der Waals surface area contributed by atoms with Crippen LogP contribution in [0.1, 0.15) is 32.3 Å². The van der Waals surface area contributed by atoms with Crippen molar-refractivity contribution in [3.05, 3.63) is 29.8 Å². The van der Waals surface area contributed by atoms with Crippen molar-refractivity contribution in [2.24, 2.45) is 5.41 Å². The van der Waals surface area contributed by atoms with Crippen LogP contribution in [-0.2, 0) is 26.2 Å². The Morgan fingerprint density at radius 3 is 2.50 bits per heavy atom. The number of carbonyl (C=O) groups is 1. The molecule has 0 unspecified atom stereocenters. The zero-order chi connectivity index (χ0) is 19.4. The van der Waals surface area contributed by atoms with E-state index < -0.39 is 15.5 Å². The highest BCUT2D eigenvalue weighted by molar-refractivity contribution is 7.86. The second kappa shape index (κ2) is 8.59. The summed E-state index contributed by atoms with van der Waals surface area (Å²) in [5.41, 5.74) is 0.210. The molecule has 1 heterocycles. The minimum Gasteiger partial charge on any atom is -0.383 e. The molecule has 1 amide bonds. The topological polar surface area (TPSA) is 72.9 Å². The molecule has 1 saturated heterocycles. The van der Waals surface area contributed by atoms with E-state index in [1.807, 2.05) is 13.8 Å². The van der Waals surface area contributed by atoms with E-state index in [2.05, 4.69) is 0 Å². The molecule has 0 N–H and O–H groups in total. The molecule has 8 heteroatoms. The fraction of sp³-hybridized carbons (Fsp3) is 0.611. The lowest BCUT2D eigenvalue weighted by atomic mass is 9.93. The monoisotopic (exact) mass is 403 g/mol. The normalized spacial score (nSPS) is 17.9. The van der Waals surface area contributed by atoms with Gasteiger partial charge in [-0.3, -0.25) is 4.79 Å². The maximum Gasteiger partial charge on any atom is 0.306 e. The number of ether oxygens (including phenoxy) is 1. The van der Waals surface area contributed by atoms with Gasteiger partial charge in [-0.1, -0.05) is 12.1 Å². The Balaban J connectivity index is 2.13. The summed E-state index contributed by atoms with van der Waals surface area (Å²) in [5, 5.41) is 0. The molecule has 146 valence electrons. The summed E-state index contributed by atoms with van der Waals surface area (Å²) in [4.78, 5) is 14.7. The van der Waals surface area contributed by atoms with Gasteiger partial charge >= 0.3 is 10.1 Å². The van der Waals surface area contributed by atoms with Crippen molar-refractivity contribution in [2.75, 3.05) is 25.3 Å². The molecule has 1 atom stereocenters. The minimum absolute atomic E-state index is 0.0283. The van der Waals surface area contributed by atoms with Crippen molar-refractivity contribution in [3.8, 4) is 5.75 Å². The number of alkyl halides is 1. The molecular formula is C18H26ClNO5S. The molecule has 0 radical (unpaired) electrons. The third-order valence-corrected chi connectivity index (χ3v) is 5.36. The molecule has 1 aromatic rings. The fourth-order valence-electron chi connectivity index (χ4n) is 2.78. The SMILES string of the molecule is CC(C)(CCl)C(=O)N(Cc1ccc(OS(C)(=O)=O)cc1)C[C@H]1CCCO1. The summed E-state index contributed by atoms with van der Waals surface area (Å²) < 4.78 is 32.9. The quantitative estimate of drug-likeness (QED) is 0.493. The largest absolute Gasteiger partial charge is 0.383 e. The van der Waals surface area contributed by atoms with Crippen molar-refractivity contribution >= 4 is 27.6 Å². The first-order chi connectivity index (χ1) is 12.1. The van der Waals surface area contributed by atoms with Gasteiger partial charge in [0.25, 0.3) is 0 Å². The Labute approximate surface area is 160 Å². The molecule has 0 bridgehead atoms. The number of benzene rings is 1. The van der Waals surface area contributed by atoms with Crippen molar-refractivity contribution in [3.63, 3.8) is 0 Å². The van der Waals surface area contributed by atoms with Crippen LogP contribution in [0.25, 0.3) is 0 Å². The highest BCUT2D eigenvalue weighted by atomic mass is 35.5. The lowest BCUT2D eigenvalue weighted by Crippen LogP contribution is -2.44. The summed E-state index contributed by atoms with van der Waals surface area (Å²) in [7, 11) is -3.56. The van der Waals surface area contributed by atoms with E-state index in [0.717, 1.165) is 31.3 Å². The molecule has 2 rings (SSSR count). The number of amides is 1. The molecule has 1 aliphatic heterocycles. The smallest absolute Gasteiger partial charge is 0.306 e. The molecule has 6 nitrogen and oxygen atoms in total. The first-order valence-corrected chi connectivity index (χ1v) is 10.9. The molecule has 0 aromatic heterocycles. The Morgan fingerprint density at radius 2 is 2.00 bits per heavy atom. The lowest BCUT2D eigenvalue weighted by Gasteiger charge is -2.32. The van der Waals surface area contributed by atoms with Gasteiger partial charge in [0.15, 0.2) is 0 Å². The second-order valence-electron chi connectivity index (χ2n) is 7.27. The van der Waals surface area contributed by atoms with E-state index in [0.29, 0.717) is 13.1 Å². The first kappa shape index (κ1) is 21.0. The number of rotatable bonds is 8. The molecule has 0 saturated carbocycles. The van der Waals surface area contributed by atoms with Gasteiger partial charge in [-0.05, 0) is 44.4 Å².